The van der Waals surface area contributed by atoms with E-state index in [1.165, 1.54) is 12.8 Å². The van der Waals surface area contributed by atoms with E-state index in [1.807, 2.05) is 11.9 Å². The van der Waals surface area contributed by atoms with Gasteiger partial charge in [0.05, 0.1) is 6.10 Å². The Balaban J connectivity index is 1.65. The highest BCUT2D eigenvalue weighted by molar-refractivity contribution is 5.42. The average molecular weight is 279 g/mol. The zero-order chi connectivity index (χ0) is 13.9. The maximum absolute atomic E-state index is 14.5. The third-order valence-electron chi connectivity index (χ3n) is 3.97. The van der Waals surface area contributed by atoms with Crippen LogP contribution in [-0.2, 0) is 11.3 Å². The minimum atomic E-state index is -0.207. The van der Waals surface area contributed by atoms with Crippen LogP contribution < -0.4 is 10.2 Å². The first kappa shape index (κ1) is 13.8. The summed E-state index contributed by atoms with van der Waals surface area (Å²) in [6, 6.07) is 2.34. The van der Waals surface area contributed by atoms with Gasteiger partial charge in [-0.15, -0.1) is 0 Å². The number of aromatic nitrogens is 1. The zero-order valence-electron chi connectivity index (χ0n) is 11.9. The molecular weight excluding hydrogens is 257 g/mol. The van der Waals surface area contributed by atoms with Crippen molar-refractivity contribution < 1.29 is 9.13 Å². The van der Waals surface area contributed by atoms with Crippen LogP contribution in [0.15, 0.2) is 12.3 Å². The predicted molar refractivity (Wildman–Crippen MR) is 76.3 cm³/mol. The van der Waals surface area contributed by atoms with Gasteiger partial charge >= 0.3 is 0 Å². The van der Waals surface area contributed by atoms with Crippen LogP contribution in [-0.4, -0.2) is 37.3 Å². The van der Waals surface area contributed by atoms with Gasteiger partial charge in [0.2, 0.25) is 0 Å². The van der Waals surface area contributed by atoms with E-state index < -0.39 is 0 Å². The molecule has 0 bridgehead atoms. The third kappa shape index (κ3) is 3.27. The topological polar surface area (TPSA) is 37.4 Å². The Labute approximate surface area is 119 Å². The summed E-state index contributed by atoms with van der Waals surface area (Å²) < 4.78 is 20.1. The lowest BCUT2D eigenvalue weighted by molar-refractivity contribution is 0.116. The number of pyridine rings is 1. The largest absolute Gasteiger partial charge is 0.376 e. The number of ether oxygens (including phenoxy) is 1. The summed E-state index contributed by atoms with van der Waals surface area (Å²) in [4.78, 5) is 6.06. The van der Waals surface area contributed by atoms with Crippen LogP contribution in [0.5, 0.6) is 0 Å². The van der Waals surface area contributed by atoms with E-state index in [9.17, 15) is 4.39 Å². The molecule has 1 aromatic heterocycles. The number of rotatable bonds is 6. The number of hydrogen-bond acceptors (Lipinski definition) is 4. The quantitative estimate of drug-likeness (QED) is 0.865. The molecule has 0 spiro atoms. The van der Waals surface area contributed by atoms with Crippen LogP contribution in [0.3, 0.4) is 0 Å². The molecule has 0 amide bonds. The highest BCUT2D eigenvalue weighted by Crippen LogP contribution is 2.23. The van der Waals surface area contributed by atoms with E-state index in [0.717, 1.165) is 19.4 Å². The van der Waals surface area contributed by atoms with E-state index in [2.05, 4.69) is 10.3 Å². The maximum Gasteiger partial charge on any atom is 0.170 e. The smallest absolute Gasteiger partial charge is 0.170 e. The molecule has 2 fully saturated rings. The van der Waals surface area contributed by atoms with Crippen LogP contribution in [0.1, 0.15) is 31.2 Å². The first-order valence-corrected chi connectivity index (χ1v) is 7.43. The molecule has 2 aliphatic rings. The lowest BCUT2D eigenvalue weighted by Gasteiger charge is -2.22. The van der Waals surface area contributed by atoms with Crippen LogP contribution in [0.2, 0.25) is 0 Å². The summed E-state index contributed by atoms with van der Waals surface area (Å²) in [6.45, 7) is 2.10. The van der Waals surface area contributed by atoms with Crippen molar-refractivity contribution in [3.05, 3.63) is 23.6 Å². The van der Waals surface area contributed by atoms with Crippen molar-refractivity contribution in [2.24, 2.45) is 0 Å². The molecule has 110 valence electrons. The molecule has 2 heterocycles. The van der Waals surface area contributed by atoms with Crippen LogP contribution >= 0.6 is 0 Å². The maximum atomic E-state index is 14.5. The van der Waals surface area contributed by atoms with Crippen molar-refractivity contribution in [1.29, 1.82) is 0 Å². The van der Waals surface area contributed by atoms with Crippen LogP contribution in [0, 0.1) is 5.82 Å². The van der Waals surface area contributed by atoms with Gasteiger partial charge in [0.1, 0.15) is 0 Å². The Kier molecular flexibility index (Phi) is 4.17. The molecule has 20 heavy (non-hydrogen) atoms. The van der Waals surface area contributed by atoms with Gasteiger partial charge in [0, 0.05) is 44.5 Å². The summed E-state index contributed by atoms with van der Waals surface area (Å²) in [5.74, 6) is 0.219. The van der Waals surface area contributed by atoms with Crippen molar-refractivity contribution in [3.8, 4) is 0 Å². The molecule has 5 heteroatoms. The number of nitrogens with zero attached hydrogens (tertiary/aromatic N) is 2. The molecule has 0 aromatic carbocycles. The van der Waals surface area contributed by atoms with Gasteiger partial charge in [-0.25, -0.2) is 9.37 Å². The summed E-state index contributed by atoms with van der Waals surface area (Å²) in [5, 5.41) is 3.34. The third-order valence-corrected chi connectivity index (χ3v) is 3.97. The Bertz CT molecular complexity index is 458. The lowest BCUT2D eigenvalue weighted by Crippen LogP contribution is -2.30. The molecule has 1 aromatic rings. The Morgan fingerprint density at radius 1 is 1.45 bits per heavy atom. The second kappa shape index (κ2) is 6.06. The number of hydrogen-bond donors (Lipinski definition) is 1. The molecule has 1 atom stereocenters. The summed E-state index contributed by atoms with van der Waals surface area (Å²) in [7, 11) is 1.88. The van der Waals surface area contributed by atoms with Gasteiger partial charge in [-0.1, -0.05) is 0 Å². The average Bonchev–Trinajstić information content (AvgIpc) is 3.14. The van der Waals surface area contributed by atoms with Crippen LogP contribution in [0.25, 0.3) is 0 Å². The van der Waals surface area contributed by atoms with Crippen molar-refractivity contribution >= 4 is 5.82 Å². The lowest BCUT2D eigenvalue weighted by atomic mass is 10.2. The van der Waals surface area contributed by atoms with Gasteiger partial charge in [-0.2, -0.15) is 0 Å². The molecule has 1 N–H and O–H groups in total. The first-order chi connectivity index (χ1) is 9.74. The molecule has 4 nitrogen and oxygen atoms in total. The van der Waals surface area contributed by atoms with Crippen molar-refractivity contribution in [1.82, 2.24) is 10.3 Å². The molecule has 1 saturated carbocycles. The Morgan fingerprint density at radius 2 is 2.30 bits per heavy atom. The highest BCUT2D eigenvalue weighted by atomic mass is 19.1. The molecule has 0 radical (unpaired) electrons. The normalized spacial score (nSPS) is 22.2. The number of nitrogens with one attached hydrogen (secondary N) is 1. The van der Waals surface area contributed by atoms with Gasteiger partial charge < -0.3 is 15.0 Å². The van der Waals surface area contributed by atoms with E-state index in [1.54, 1.807) is 12.3 Å². The van der Waals surface area contributed by atoms with Crippen molar-refractivity contribution in [2.75, 3.05) is 25.1 Å². The minimum Gasteiger partial charge on any atom is -0.376 e. The van der Waals surface area contributed by atoms with E-state index in [-0.39, 0.29) is 11.9 Å². The number of likely N-dealkylation sites (N-methyl/N-ethyl adjacent to an activating group) is 1. The van der Waals surface area contributed by atoms with Gasteiger partial charge in [0.15, 0.2) is 11.6 Å². The highest BCUT2D eigenvalue weighted by Gasteiger charge is 2.23. The fourth-order valence-electron chi connectivity index (χ4n) is 2.60. The molecule has 3 rings (SSSR count). The summed E-state index contributed by atoms with van der Waals surface area (Å²) in [6.07, 6.45) is 6.45. The number of halogens is 1. The Morgan fingerprint density at radius 3 is 3.00 bits per heavy atom. The fourth-order valence-corrected chi connectivity index (χ4v) is 2.60. The zero-order valence-corrected chi connectivity index (χ0v) is 11.9. The Hall–Kier alpha value is -1.20. The van der Waals surface area contributed by atoms with Gasteiger partial charge in [0.25, 0.3) is 0 Å². The van der Waals surface area contributed by atoms with Crippen LogP contribution in [0.4, 0.5) is 10.2 Å². The summed E-state index contributed by atoms with van der Waals surface area (Å²) in [5.41, 5.74) is 0.695. The van der Waals surface area contributed by atoms with Gasteiger partial charge in [-0.3, -0.25) is 0 Å². The predicted octanol–water partition coefficient (Wildman–Crippen LogP) is 2.09. The second-order valence-electron chi connectivity index (χ2n) is 5.78. The van der Waals surface area contributed by atoms with Crippen molar-refractivity contribution in [3.63, 3.8) is 0 Å². The molecule has 1 saturated heterocycles. The fraction of sp³-hybridized carbons (Fsp3) is 0.667. The standard InChI is InChI=1S/C15H22FN3O/c1-19(10-13-3-2-8-20-13)15-14(16)11(6-7-17-15)9-18-12-4-5-12/h6-7,12-13,18H,2-5,8-10H2,1H3. The molecule has 1 aliphatic carbocycles. The molecule has 1 aliphatic heterocycles. The molecular formula is C15H22FN3O. The minimum absolute atomic E-state index is 0.203. The first-order valence-electron chi connectivity index (χ1n) is 7.43. The molecule has 1 unspecified atom stereocenters. The summed E-state index contributed by atoms with van der Waals surface area (Å²) >= 11 is 0. The van der Waals surface area contributed by atoms with E-state index in [0.29, 0.717) is 30.5 Å². The number of anilines is 1. The monoisotopic (exact) mass is 279 g/mol. The van der Waals surface area contributed by atoms with E-state index in [4.69, 9.17) is 4.74 Å². The SMILES string of the molecule is CN(CC1CCCO1)c1nccc(CNC2CC2)c1F. The van der Waals surface area contributed by atoms with Crippen molar-refractivity contribution in [2.45, 2.75) is 44.4 Å². The second-order valence-corrected chi connectivity index (χ2v) is 5.78. The van der Waals surface area contributed by atoms with E-state index >= 15 is 0 Å². The van der Waals surface area contributed by atoms with Gasteiger partial charge in [-0.05, 0) is 31.7 Å².